The largest absolute Gasteiger partial charge is 0.511 e. The zero-order valence-corrected chi connectivity index (χ0v) is 14.2. The molecule has 0 amide bonds. The van der Waals surface area contributed by atoms with Gasteiger partial charge in [-0.15, -0.1) is 0 Å². The van der Waals surface area contributed by atoms with Crippen molar-refractivity contribution >= 4 is 28.9 Å². The van der Waals surface area contributed by atoms with E-state index in [2.05, 4.69) is 10.1 Å². The molecule has 0 heterocycles. The Morgan fingerprint density at radius 3 is 2.37 bits per heavy atom. The van der Waals surface area contributed by atoms with Crippen LogP contribution in [0.3, 0.4) is 0 Å². The predicted molar refractivity (Wildman–Crippen MR) is 97.9 cm³/mol. The summed E-state index contributed by atoms with van der Waals surface area (Å²) in [5, 5.41) is 41.3. The van der Waals surface area contributed by atoms with Gasteiger partial charge in [0.2, 0.25) is 0 Å². The number of nitrogens with zero attached hydrogens (tertiary/aromatic N) is 2. The van der Waals surface area contributed by atoms with Gasteiger partial charge in [-0.2, -0.15) is 0 Å². The number of aliphatic hydroxyl groups is 2. The number of para-hydroxylation sites is 2. The number of ether oxygens (including phenoxy) is 1. The van der Waals surface area contributed by atoms with Crippen LogP contribution in [-0.2, 0) is 0 Å². The molecule has 0 aliphatic carbocycles. The molecular formula is C17H19N3O7. The van der Waals surface area contributed by atoms with Crippen LogP contribution in [0.4, 0.5) is 27.5 Å². The first-order chi connectivity index (χ1) is 13.0. The second-order valence-corrected chi connectivity index (χ2v) is 5.38. The average molecular weight is 377 g/mol. The summed E-state index contributed by atoms with van der Waals surface area (Å²) in [5.74, 6) is 0.00515. The Hall–Kier alpha value is -3.37. The lowest BCUT2D eigenvalue weighted by molar-refractivity contribution is -0.383. The number of hydrogen-bond acceptors (Lipinski definition) is 8. The Kier molecular flexibility index (Phi) is 6.92. The molecule has 27 heavy (non-hydrogen) atoms. The third kappa shape index (κ3) is 5.30. The number of carbonyl (C=O) groups is 1. The molecule has 0 radical (unpaired) electrons. The van der Waals surface area contributed by atoms with Gasteiger partial charge >= 0.3 is 6.16 Å². The second kappa shape index (κ2) is 9.36. The highest BCUT2D eigenvalue weighted by Crippen LogP contribution is 2.35. The first-order valence-electron chi connectivity index (χ1n) is 7.98. The minimum Gasteiger partial charge on any atom is -0.449 e. The predicted octanol–water partition coefficient (Wildman–Crippen LogP) is 2.19. The fourth-order valence-electron chi connectivity index (χ4n) is 2.48. The molecule has 0 aromatic heterocycles. The highest BCUT2D eigenvalue weighted by molar-refractivity contribution is 5.77. The monoisotopic (exact) mass is 377 g/mol. The highest BCUT2D eigenvalue weighted by Gasteiger charge is 2.19. The standard InChI is InChI=1S/C17H19N3O7/c21-9-7-19(8-10-22)12-5-6-13(15(11-12)20(25)26)18-14-3-1-2-4-16(14)27-17(23)24/h1-6,11,18,21-22H,7-10H2,(H,23,24). The lowest BCUT2D eigenvalue weighted by Crippen LogP contribution is -2.29. The van der Waals surface area contributed by atoms with Crippen molar-refractivity contribution in [2.75, 3.05) is 36.5 Å². The van der Waals surface area contributed by atoms with Crippen LogP contribution >= 0.6 is 0 Å². The Labute approximate surface area is 154 Å². The van der Waals surface area contributed by atoms with Crippen molar-refractivity contribution in [1.29, 1.82) is 0 Å². The number of nitro benzene ring substituents is 1. The van der Waals surface area contributed by atoms with Gasteiger partial charge in [-0.05, 0) is 24.3 Å². The van der Waals surface area contributed by atoms with Crippen molar-refractivity contribution in [2.24, 2.45) is 0 Å². The van der Waals surface area contributed by atoms with Crippen LogP contribution in [0.5, 0.6) is 5.75 Å². The zero-order chi connectivity index (χ0) is 19.8. The second-order valence-electron chi connectivity index (χ2n) is 5.38. The van der Waals surface area contributed by atoms with E-state index in [-0.39, 0.29) is 49.1 Å². The maximum atomic E-state index is 11.5. The molecule has 4 N–H and O–H groups in total. The van der Waals surface area contributed by atoms with Crippen molar-refractivity contribution in [3.63, 3.8) is 0 Å². The molecule has 0 bridgehead atoms. The Balaban J connectivity index is 2.38. The van der Waals surface area contributed by atoms with Gasteiger partial charge in [0.25, 0.3) is 5.69 Å². The number of anilines is 3. The Morgan fingerprint density at radius 1 is 1.11 bits per heavy atom. The number of nitrogens with one attached hydrogen (secondary N) is 1. The summed E-state index contributed by atoms with van der Waals surface area (Å²) in [7, 11) is 0. The van der Waals surface area contributed by atoms with Crippen molar-refractivity contribution < 1.29 is 29.8 Å². The van der Waals surface area contributed by atoms with Crippen LogP contribution in [0.1, 0.15) is 0 Å². The van der Waals surface area contributed by atoms with Gasteiger partial charge in [0, 0.05) is 24.8 Å². The van der Waals surface area contributed by atoms with Crippen molar-refractivity contribution in [1.82, 2.24) is 0 Å². The number of nitro groups is 1. The Bertz CT molecular complexity index is 807. The van der Waals surface area contributed by atoms with E-state index in [0.717, 1.165) is 0 Å². The molecule has 0 spiro atoms. The van der Waals surface area contributed by atoms with Crippen LogP contribution in [0.25, 0.3) is 0 Å². The lowest BCUT2D eigenvalue weighted by Gasteiger charge is -2.23. The van der Waals surface area contributed by atoms with Crippen molar-refractivity contribution in [3.05, 3.63) is 52.6 Å². The van der Waals surface area contributed by atoms with Crippen molar-refractivity contribution in [3.8, 4) is 5.75 Å². The minimum atomic E-state index is -1.50. The number of rotatable bonds is 9. The summed E-state index contributed by atoms with van der Waals surface area (Å²) in [5.41, 5.74) is 0.598. The molecule has 2 aromatic carbocycles. The minimum absolute atomic E-state index is 0.00515. The van der Waals surface area contributed by atoms with Crippen LogP contribution < -0.4 is 15.0 Å². The number of hydrogen-bond donors (Lipinski definition) is 4. The number of benzene rings is 2. The topological polar surface area (TPSA) is 145 Å². The van der Waals surface area contributed by atoms with Crippen LogP contribution in [0, 0.1) is 10.1 Å². The summed E-state index contributed by atoms with van der Waals surface area (Å²) in [6.45, 7) is 0.0704. The van der Waals surface area contributed by atoms with E-state index in [9.17, 15) is 14.9 Å². The average Bonchev–Trinajstić information content (AvgIpc) is 2.63. The summed E-state index contributed by atoms with van der Waals surface area (Å²) in [6, 6.07) is 10.5. The Morgan fingerprint density at radius 2 is 1.78 bits per heavy atom. The molecule has 0 aliphatic rings. The molecule has 0 saturated carbocycles. The van der Waals surface area contributed by atoms with E-state index >= 15 is 0 Å². The first kappa shape index (κ1) is 19.9. The molecule has 10 heteroatoms. The zero-order valence-electron chi connectivity index (χ0n) is 14.2. The van der Waals surface area contributed by atoms with E-state index in [1.165, 1.54) is 24.3 Å². The normalized spacial score (nSPS) is 10.3. The van der Waals surface area contributed by atoms with E-state index in [1.807, 2.05) is 0 Å². The van der Waals surface area contributed by atoms with E-state index in [4.69, 9.17) is 15.3 Å². The SMILES string of the molecule is O=C(O)Oc1ccccc1Nc1ccc(N(CCO)CCO)cc1[N+](=O)[O-]. The molecule has 144 valence electrons. The van der Waals surface area contributed by atoms with Gasteiger partial charge in [-0.3, -0.25) is 10.1 Å². The quantitative estimate of drug-likeness (QED) is 0.223. The first-order valence-corrected chi connectivity index (χ1v) is 7.98. The fourth-order valence-corrected chi connectivity index (χ4v) is 2.48. The van der Waals surface area contributed by atoms with Crippen LogP contribution in [0.15, 0.2) is 42.5 Å². The van der Waals surface area contributed by atoms with Gasteiger partial charge < -0.3 is 30.3 Å². The van der Waals surface area contributed by atoms with Gasteiger partial charge in [0.05, 0.1) is 23.8 Å². The summed E-state index contributed by atoms with van der Waals surface area (Å²) in [4.78, 5) is 23.3. The van der Waals surface area contributed by atoms with Crippen LogP contribution in [-0.4, -0.2) is 52.7 Å². The molecule has 0 atom stereocenters. The maximum absolute atomic E-state index is 11.5. The fraction of sp³-hybridized carbons (Fsp3) is 0.235. The third-order valence-electron chi connectivity index (χ3n) is 3.64. The number of aliphatic hydroxyl groups excluding tert-OH is 2. The molecule has 2 aromatic rings. The van der Waals surface area contributed by atoms with Gasteiger partial charge in [-0.1, -0.05) is 12.1 Å². The van der Waals surface area contributed by atoms with Gasteiger partial charge in [-0.25, -0.2) is 4.79 Å². The summed E-state index contributed by atoms with van der Waals surface area (Å²) in [6.07, 6.45) is -1.50. The van der Waals surface area contributed by atoms with E-state index in [0.29, 0.717) is 5.69 Å². The third-order valence-corrected chi connectivity index (χ3v) is 3.64. The van der Waals surface area contributed by atoms with E-state index < -0.39 is 11.1 Å². The van der Waals surface area contributed by atoms with E-state index in [1.54, 1.807) is 23.1 Å². The maximum Gasteiger partial charge on any atom is 0.511 e. The molecule has 0 aliphatic heterocycles. The highest BCUT2D eigenvalue weighted by atomic mass is 16.7. The molecule has 10 nitrogen and oxygen atoms in total. The molecular weight excluding hydrogens is 358 g/mol. The lowest BCUT2D eigenvalue weighted by atomic mass is 10.2. The molecule has 0 unspecified atom stereocenters. The van der Waals surface area contributed by atoms with Gasteiger partial charge in [0.15, 0.2) is 5.75 Å². The van der Waals surface area contributed by atoms with Crippen molar-refractivity contribution in [2.45, 2.75) is 0 Å². The van der Waals surface area contributed by atoms with Crippen LogP contribution in [0.2, 0.25) is 0 Å². The van der Waals surface area contributed by atoms with Gasteiger partial charge in [0.1, 0.15) is 5.69 Å². The molecule has 0 saturated heterocycles. The smallest absolute Gasteiger partial charge is 0.449 e. The summed E-state index contributed by atoms with van der Waals surface area (Å²) >= 11 is 0. The summed E-state index contributed by atoms with van der Waals surface area (Å²) < 4.78 is 4.66. The molecule has 0 fully saturated rings. The number of carboxylic acid groups (broad SMARTS) is 1. The molecule has 2 rings (SSSR count).